The summed E-state index contributed by atoms with van der Waals surface area (Å²) in [4.78, 5) is 12.2. The van der Waals surface area contributed by atoms with Gasteiger partial charge in [0.05, 0.1) is 6.10 Å². The van der Waals surface area contributed by atoms with E-state index in [4.69, 9.17) is 4.74 Å². The number of aliphatic hydroxyl groups is 1. The third kappa shape index (κ3) is 3.35. The van der Waals surface area contributed by atoms with Crippen molar-refractivity contribution in [2.24, 2.45) is 0 Å². The van der Waals surface area contributed by atoms with Crippen LogP contribution in [0.15, 0.2) is 42.5 Å². The van der Waals surface area contributed by atoms with Crippen molar-refractivity contribution in [3.05, 3.63) is 65.0 Å². The number of fused-ring (bicyclic) bond motifs is 1. The molecule has 0 bridgehead atoms. The number of carbonyl (C=O) groups excluding carboxylic acids is 1. The Morgan fingerprint density at radius 1 is 1.39 bits per heavy atom. The first kappa shape index (κ1) is 15.5. The predicted molar refractivity (Wildman–Crippen MR) is 83.7 cm³/mol. The molecular weight excluding hydrogens is 297 g/mol. The lowest BCUT2D eigenvalue weighted by atomic mass is 10.0. The van der Waals surface area contributed by atoms with E-state index in [1.807, 2.05) is 31.2 Å². The number of nitrogens with one attached hydrogen (secondary N) is 1. The molecule has 0 saturated carbocycles. The molecule has 120 valence electrons. The molecule has 1 aliphatic heterocycles. The standard InChI is InChI=1S/C18H18FNO3/c1-11-4-2-3-5-14(11)15(21)10-20-18(22)17-9-12-8-13(19)6-7-16(12)23-17/h2-8,15,17,21H,9-10H2,1H3,(H,20,22). The van der Waals surface area contributed by atoms with E-state index in [1.165, 1.54) is 18.2 Å². The highest BCUT2D eigenvalue weighted by Crippen LogP contribution is 2.29. The summed E-state index contributed by atoms with van der Waals surface area (Å²) in [5.41, 5.74) is 2.43. The van der Waals surface area contributed by atoms with E-state index in [-0.39, 0.29) is 18.3 Å². The van der Waals surface area contributed by atoms with E-state index in [2.05, 4.69) is 5.32 Å². The quantitative estimate of drug-likeness (QED) is 0.910. The number of amides is 1. The first-order valence-corrected chi connectivity index (χ1v) is 7.51. The zero-order valence-electron chi connectivity index (χ0n) is 12.8. The predicted octanol–water partition coefficient (Wildman–Crippen LogP) is 2.29. The Labute approximate surface area is 133 Å². The fourth-order valence-electron chi connectivity index (χ4n) is 2.75. The Hall–Kier alpha value is -2.40. The Morgan fingerprint density at radius 3 is 2.96 bits per heavy atom. The van der Waals surface area contributed by atoms with Gasteiger partial charge in [-0.3, -0.25) is 4.79 Å². The molecule has 1 aliphatic rings. The number of aliphatic hydroxyl groups excluding tert-OH is 1. The van der Waals surface area contributed by atoms with Gasteiger partial charge in [0, 0.05) is 18.5 Å². The second-order valence-electron chi connectivity index (χ2n) is 5.68. The van der Waals surface area contributed by atoms with Crippen LogP contribution in [0, 0.1) is 12.7 Å². The van der Waals surface area contributed by atoms with E-state index < -0.39 is 12.2 Å². The van der Waals surface area contributed by atoms with Gasteiger partial charge in [-0.1, -0.05) is 24.3 Å². The largest absolute Gasteiger partial charge is 0.480 e. The van der Waals surface area contributed by atoms with Crippen molar-refractivity contribution < 1.29 is 19.0 Å². The van der Waals surface area contributed by atoms with Gasteiger partial charge in [-0.25, -0.2) is 4.39 Å². The van der Waals surface area contributed by atoms with Crippen LogP contribution in [0.4, 0.5) is 4.39 Å². The fraction of sp³-hybridized carbons (Fsp3) is 0.278. The second kappa shape index (κ2) is 6.38. The van der Waals surface area contributed by atoms with Gasteiger partial charge in [0.25, 0.3) is 5.91 Å². The van der Waals surface area contributed by atoms with Crippen LogP contribution in [0.25, 0.3) is 0 Å². The highest BCUT2D eigenvalue weighted by Gasteiger charge is 2.29. The first-order chi connectivity index (χ1) is 11.0. The number of hydrogen-bond acceptors (Lipinski definition) is 3. The van der Waals surface area contributed by atoms with Crippen molar-refractivity contribution in [3.8, 4) is 5.75 Å². The number of benzene rings is 2. The van der Waals surface area contributed by atoms with E-state index >= 15 is 0 Å². The number of aryl methyl sites for hydroxylation is 1. The number of rotatable bonds is 4. The normalized spacial score (nSPS) is 17.3. The lowest BCUT2D eigenvalue weighted by molar-refractivity contribution is -0.127. The summed E-state index contributed by atoms with van der Waals surface area (Å²) in [6, 6.07) is 11.7. The maximum atomic E-state index is 13.2. The van der Waals surface area contributed by atoms with Gasteiger partial charge in [-0.2, -0.15) is 0 Å². The van der Waals surface area contributed by atoms with Crippen molar-refractivity contribution in [2.45, 2.75) is 25.6 Å². The molecule has 5 heteroatoms. The first-order valence-electron chi connectivity index (χ1n) is 7.51. The molecule has 2 atom stereocenters. The SMILES string of the molecule is Cc1ccccc1C(O)CNC(=O)C1Cc2cc(F)ccc2O1. The molecular formula is C18H18FNO3. The molecule has 0 fully saturated rings. The summed E-state index contributed by atoms with van der Waals surface area (Å²) in [6.07, 6.45) is -1.13. The Morgan fingerprint density at radius 2 is 2.17 bits per heavy atom. The summed E-state index contributed by atoms with van der Waals surface area (Å²) in [6.45, 7) is 2.01. The molecule has 0 spiro atoms. The van der Waals surface area contributed by atoms with E-state index in [0.717, 1.165) is 11.1 Å². The number of halogens is 1. The molecule has 0 aromatic heterocycles. The monoisotopic (exact) mass is 315 g/mol. The molecule has 1 heterocycles. The minimum Gasteiger partial charge on any atom is -0.480 e. The van der Waals surface area contributed by atoms with Gasteiger partial charge in [0.1, 0.15) is 11.6 Å². The smallest absolute Gasteiger partial charge is 0.261 e. The Kier molecular flexibility index (Phi) is 4.30. The highest BCUT2D eigenvalue weighted by atomic mass is 19.1. The summed E-state index contributed by atoms with van der Waals surface area (Å²) in [7, 11) is 0. The molecule has 3 rings (SSSR count). The molecule has 0 saturated heterocycles. The van der Waals surface area contributed by atoms with Crippen LogP contribution < -0.4 is 10.1 Å². The van der Waals surface area contributed by atoms with Crippen LogP contribution in [-0.4, -0.2) is 23.7 Å². The van der Waals surface area contributed by atoms with Gasteiger partial charge < -0.3 is 15.2 Å². The highest BCUT2D eigenvalue weighted by molar-refractivity contribution is 5.82. The Bertz CT molecular complexity index is 732. The third-order valence-electron chi connectivity index (χ3n) is 4.01. The minimum absolute atomic E-state index is 0.105. The summed E-state index contributed by atoms with van der Waals surface area (Å²) in [5.74, 6) is -0.122. The van der Waals surface area contributed by atoms with Gasteiger partial charge in [-0.15, -0.1) is 0 Å². The van der Waals surface area contributed by atoms with Crippen molar-refractivity contribution >= 4 is 5.91 Å². The maximum absolute atomic E-state index is 13.2. The zero-order valence-corrected chi connectivity index (χ0v) is 12.8. The molecule has 23 heavy (non-hydrogen) atoms. The number of carbonyl (C=O) groups is 1. The summed E-state index contributed by atoms with van der Waals surface area (Å²) in [5, 5.41) is 12.9. The van der Waals surface area contributed by atoms with Crippen LogP contribution in [0.1, 0.15) is 22.8 Å². The molecule has 1 amide bonds. The lowest BCUT2D eigenvalue weighted by Crippen LogP contribution is -2.39. The number of hydrogen-bond donors (Lipinski definition) is 2. The van der Waals surface area contributed by atoms with Crippen molar-refractivity contribution in [3.63, 3.8) is 0 Å². The lowest BCUT2D eigenvalue weighted by Gasteiger charge is -2.16. The molecule has 2 unspecified atom stereocenters. The Balaban J connectivity index is 1.58. The van der Waals surface area contributed by atoms with Crippen LogP contribution in [-0.2, 0) is 11.2 Å². The molecule has 2 aromatic carbocycles. The van der Waals surface area contributed by atoms with Crippen molar-refractivity contribution in [1.29, 1.82) is 0 Å². The molecule has 0 aliphatic carbocycles. The number of ether oxygens (including phenoxy) is 1. The minimum atomic E-state index is -0.777. The summed E-state index contributed by atoms with van der Waals surface area (Å²) >= 11 is 0. The van der Waals surface area contributed by atoms with E-state index in [9.17, 15) is 14.3 Å². The van der Waals surface area contributed by atoms with Gasteiger partial charge in [-0.05, 0) is 36.2 Å². The van der Waals surface area contributed by atoms with E-state index in [0.29, 0.717) is 17.7 Å². The van der Waals surface area contributed by atoms with Crippen molar-refractivity contribution in [1.82, 2.24) is 5.32 Å². The third-order valence-corrected chi connectivity index (χ3v) is 4.01. The van der Waals surface area contributed by atoms with Crippen LogP contribution in [0.3, 0.4) is 0 Å². The average Bonchev–Trinajstić information content (AvgIpc) is 2.95. The molecule has 0 radical (unpaired) electrons. The van der Waals surface area contributed by atoms with Gasteiger partial charge in [0.2, 0.25) is 0 Å². The van der Waals surface area contributed by atoms with Gasteiger partial charge in [0.15, 0.2) is 6.10 Å². The van der Waals surface area contributed by atoms with Crippen LogP contribution in [0.2, 0.25) is 0 Å². The zero-order chi connectivity index (χ0) is 16.4. The van der Waals surface area contributed by atoms with Crippen molar-refractivity contribution in [2.75, 3.05) is 6.54 Å². The van der Waals surface area contributed by atoms with Gasteiger partial charge >= 0.3 is 0 Å². The fourth-order valence-corrected chi connectivity index (χ4v) is 2.75. The molecule has 4 nitrogen and oxygen atoms in total. The maximum Gasteiger partial charge on any atom is 0.261 e. The second-order valence-corrected chi connectivity index (χ2v) is 5.68. The van der Waals surface area contributed by atoms with Crippen LogP contribution in [0.5, 0.6) is 5.75 Å². The van der Waals surface area contributed by atoms with Crippen LogP contribution >= 0.6 is 0 Å². The summed E-state index contributed by atoms with van der Waals surface area (Å²) < 4.78 is 18.7. The molecule has 2 aromatic rings. The topological polar surface area (TPSA) is 58.6 Å². The van der Waals surface area contributed by atoms with E-state index in [1.54, 1.807) is 0 Å². The average molecular weight is 315 g/mol. The molecule has 2 N–H and O–H groups in total.